The van der Waals surface area contributed by atoms with E-state index in [1.54, 1.807) is 0 Å². The number of piperidine rings is 1. The zero-order valence-corrected chi connectivity index (χ0v) is 13.2. The molecular formula is C17H26N2O3. The first-order valence-corrected chi connectivity index (χ1v) is 8.91. The van der Waals surface area contributed by atoms with Crippen molar-refractivity contribution in [3.8, 4) is 0 Å². The smallest absolute Gasteiger partial charge is 0.226 e. The van der Waals surface area contributed by atoms with Crippen LogP contribution in [0.4, 0.5) is 0 Å². The molecule has 0 aromatic carbocycles. The number of likely N-dealkylation sites (tertiary alicyclic amines) is 2. The first-order chi connectivity index (χ1) is 10.7. The number of amides is 2. The Morgan fingerprint density at radius 3 is 2.55 bits per heavy atom. The molecule has 0 unspecified atom stereocenters. The molecule has 4 aliphatic rings. The summed E-state index contributed by atoms with van der Waals surface area (Å²) in [6.45, 7) is 3.19. The van der Waals surface area contributed by atoms with Crippen LogP contribution in [-0.4, -0.2) is 60.0 Å². The molecule has 4 fully saturated rings. The van der Waals surface area contributed by atoms with Crippen molar-refractivity contribution in [2.24, 2.45) is 11.8 Å². The van der Waals surface area contributed by atoms with Crippen molar-refractivity contribution < 1.29 is 14.3 Å². The van der Waals surface area contributed by atoms with E-state index in [1.807, 2.05) is 0 Å². The molecule has 1 aliphatic carbocycles. The van der Waals surface area contributed by atoms with Crippen LogP contribution in [0.15, 0.2) is 0 Å². The van der Waals surface area contributed by atoms with Gasteiger partial charge in [0.25, 0.3) is 0 Å². The normalized spacial score (nSPS) is 33.2. The maximum absolute atomic E-state index is 12.8. The maximum Gasteiger partial charge on any atom is 0.226 e. The van der Waals surface area contributed by atoms with E-state index in [-0.39, 0.29) is 18.0 Å². The van der Waals surface area contributed by atoms with E-state index in [0.29, 0.717) is 31.4 Å². The molecule has 0 spiro atoms. The van der Waals surface area contributed by atoms with Gasteiger partial charge >= 0.3 is 0 Å². The van der Waals surface area contributed by atoms with E-state index in [2.05, 4.69) is 9.80 Å². The van der Waals surface area contributed by atoms with Gasteiger partial charge in [-0.25, -0.2) is 0 Å². The number of fused-ring (bicyclic) bond motifs is 1. The second-order valence-electron chi connectivity index (χ2n) is 7.37. The van der Waals surface area contributed by atoms with Crippen LogP contribution >= 0.6 is 0 Å². The molecule has 4 rings (SSSR count). The first-order valence-electron chi connectivity index (χ1n) is 8.91. The Hall–Kier alpha value is -1.10. The van der Waals surface area contributed by atoms with Gasteiger partial charge in [0.15, 0.2) is 0 Å². The highest BCUT2D eigenvalue weighted by Gasteiger charge is 2.46. The molecule has 0 radical (unpaired) electrons. The Bertz CT molecular complexity index is 457. The van der Waals surface area contributed by atoms with E-state index in [1.165, 1.54) is 12.8 Å². The highest BCUT2D eigenvalue weighted by molar-refractivity contribution is 5.82. The highest BCUT2D eigenvalue weighted by Crippen LogP contribution is 2.37. The van der Waals surface area contributed by atoms with E-state index < -0.39 is 0 Å². The molecule has 0 N–H and O–H groups in total. The lowest BCUT2D eigenvalue weighted by atomic mass is 9.94. The summed E-state index contributed by atoms with van der Waals surface area (Å²) in [4.78, 5) is 29.3. The van der Waals surface area contributed by atoms with Crippen LogP contribution in [0, 0.1) is 11.8 Å². The molecule has 22 heavy (non-hydrogen) atoms. The standard InChI is InChI=1S/C17H26N2O3/c20-16-4-3-14-15(19(16)11-12-1-2-12)5-8-18(14)17(21)13-6-9-22-10-7-13/h12-15H,1-11H2/t14-,15-/m1/s1. The summed E-state index contributed by atoms with van der Waals surface area (Å²) >= 11 is 0. The van der Waals surface area contributed by atoms with E-state index >= 15 is 0 Å². The molecule has 2 atom stereocenters. The fourth-order valence-electron chi connectivity index (χ4n) is 4.42. The molecular weight excluding hydrogens is 280 g/mol. The fourth-order valence-corrected chi connectivity index (χ4v) is 4.42. The number of carbonyl (C=O) groups excluding carboxylic acids is 2. The zero-order chi connectivity index (χ0) is 15.1. The lowest BCUT2D eigenvalue weighted by molar-refractivity contribution is -0.145. The van der Waals surface area contributed by atoms with Gasteiger partial charge in [0.1, 0.15) is 0 Å². The molecule has 5 nitrogen and oxygen atoms in total. The van der Waals surface area contributed by atoms with Gasteiger partial charge in [0, 0.05) is 38.6 Å². The average Bonchev–Trinajstić information content (AvgIpc) is 3.27. The summed E-state index contributed by atoms with van der Waals surface area (Å²) in [6, 6.07) is 0.553. The Morgan fingerprint density at radius 1 is 1.05 bits per heavy atom. The minimum Gasteiger partial charge on any atom is -0.381 e. The van der Waals surface area contributed by atoms with Crippen molar-refractivity contribution in [3.05, 3.63) is 0 Å². The molecule has 5 heteroatoms. The molecule has 1 saturated carbocycles. The fraction of sp³-hybridized carbons (Fsp3) is 0.882. The van der Waals surface area contributed by atoms with Crippen molar-refractivity contribution in [3.63, 3.8) is 0 Å². The molecule has 0 bridgehead atoms. The van der Waals surface area contributed by atoms with Crippen LogP contribution in [0.1, 0.15) is 44.9 Å². The summed E-state index contributed by atoms with van der Waals surface area (Å²) in [5, 5.41) is 0. The van der Waals surface area contributed by atoms with Gasteiger partial charge in [-0.2, -0.15) is 0 Å². The second-order valence-corrected chi connectivity index (χ2v) is 7.37. The Labute approximate surface area is 132 Å². The second kappa shape index (κ2) is 5.84. The van der Waals surface area contributed by atoms with Crippen molar-refractivity contribution in [2.75, 3.05) is 26.3 Å². The van der Waals surface area contributed by atoms with Gasteiger partial charge < -0.3 is 14.5 Å². The lowest BCUT2D eigenvalue weighted by Gasteiger charge is -2.40. The first kappa shape index (κ1) is 14.5. The summed E-state index contributed by atoms with van der Waals surface area (Å²) in [7, 11) is 0. The van der Waals surface area contributed by atoms with Crippen LogP contribution in [0.25, 0.3) is 0 Å². The predicted molar refractivity (Wildman–Crippen MR) is 81.1 cm³/mol. The van der Waals surface area contributed by atoms with E-state index in [4.69, 9.17) is 4.74 Å². The molecule has 3 saturated heterocycles. The number of rotatable bonds is 3. The third kappa shape index (κ3) is 2.64. The number of ether oxygens (including phenoxy) is 1. The van der Waals surface area contributed by atoms with E-state index in [0.717, 1.165) is 44.7 Å². The van der Waals surface area contributed by atoms with Crippen molar-refractivity contribution in [1.82, 2.24) is 9.80 Å². The number of hydrogen-bond acceptors (Lipinski definition) is 3. The van der Waals surface area contributed by atoms with Crippen LogP contribution in [0.3, 0.4) is 0 Å². The van der Waals surface area contributed by atoms with Gasteiger partial charge in [-0.15, -0.1) is 0 Å². The molecule has 122 valence electrons. The largest absolute Gasteiger partial charge is 0.381 e. The van der Waals surface area contributed by atoms with Gasteiger partial charge in [-0.1, -0.05) is 0 Å². The minimum atomic E-state index is 0.141. The molecule has 3 heterocycles. The van der Waals surface area contributed by atoms with Crippen LogP contribution < -0.4 is 0 Å². The maximum atomic E-state index is 12.8. The Morgan fingerprint density at radius 2 is 1.82 bits per heavy atom. The summed E-state index contributed by atoms with van der Waals surface area (Å²) in [6.07, 6.45) is 6.70. The van der Waals surface area contributed by atoms with Crippen LogP contribution in [0.2, 0.25) is 0 Å². The number of nitrogens with zero attached hydrogens (tertiary/aromatic N) is 2. The predicted octanol–water partition coefficient (Wildman–Crippen LogP) is 1.41. The van der Waals surface area contributed by atoms with Gasteiger partial charge in [-0.05, 0) is 44.4 Å². The molecule has 0 aromatic heterocycles. The van der Waals surface area contributed by atoms with Crippen molar-refractivity contribution >= 4 is 11.8 Å². The topological polar surface area (TPSA) is 49.9 Å². The van der Waals surface area contributed by atoms with E-state index in [9.17, 15) is 9.59 Å². The monoisotopic (exact) mass is 306 g/mol. The molecule has 0 aromatic rings. The highest BCUT2D eigenvalue weighted by atomic mass is 16.5. The Balaban J connectivity index is 1.45. The van der Waals surface area contributed by atoms with Crippen molar-refractivity contribution in [2.45, 2.75) is 57.0 Å². The minimum absolute atomic E-state index is 0.141. The lowest BCUT2D eigenvalue weighted by Crippen LogP contribution is -2.54. The SMILES string of the molecule is O=C1CC[C@@H]2[C@@H](CCN2C(=O)C2CCOCC2)N1CC1CC1. The van der Waals surface area contributed by atoms with Crippen LogP contribution in [0.5, 0.6) is 0 Å². The van der Waals surface area contributed by atoms with Crippen LogP contribution in [-0.2, 0) is 14.3 Å². The molecule has 2 amide bonds. The quantitative estimate of drug-likeness (QED) is 0.792. The third-order valence-corrected chi connectivity index (χ3v) is 5.89. The number of hydrogen-bond donors (Lipinski definition) is 0. The summed E-state index contributed by atoms with van der Waals surface area (Å²) in [5.74, 6) is 1.50. The van der Waals surface area contributed by atoms with Gasteiger partial charge in [0.05, 0.1) is 12.1 Å². The average molecular weight is 306 g/mol. The summed E-state index contributed by atoms with van der Waals surface area (Å²) < 4.78 is 5.38. The van der Waals surface area contributed by atoms with Gasteiger partial charge in [-0.3, -0.25) is 9.59 Å². The summed E-state index contributed by atoms with van der Waals surface area (Å²) in [5.41, 5.74) is 0. The van der Waals surface area contributed by atoms with Gasteiger partial charge in [0.2, 0.25) is 11.8 Å². The molecule has 3 aliphatic heterocycles. The number of carbonyl (C=O) groups is 2. The van der Waals surface area contributed by atoms with Crippen molar-refractivity contribution in [1.29, 1.82) is 0 Å². The Kier molecular flexibility index (Phi) is 3.84. The third-order valence-electron chi connectivity index (χ3n) is 5.89. The zero-order valence-electron chi connectivity index (χ0n) is 13.2.